The summed E-state index contributed by atoms with van der Waals surface area (Å²) in [6.45, 7) is 14.0. The lowest BCUT2D eigenvalue weighted by molar-refractivity contribution is -0.127. The molecule has 3 saturated carbocycles. The van der Waals surface area contributed by atoms with Crippen LogP contribution in [0.1, 0.15) is 86.5 Å². The third-order valence-electron chi connectivity index (χ3n) is 10.8. The van der Waals surface area contributed by atoms with E-state index in [1.807, 2.05) is 0 Å². The van der Waals surface area contributed by atoms with Crippen molar-refractivity contribution in [3.63, 3.8) is 0 Å². The molecule has 5 rings (SSSR count). The molecule has 0 N–H and O–H groups in total. The number of fused-ring (bicyclic) bond motifs is 2. The molecule has 3 heteroatoms. The van der Waals surface area contributed by atoms with Crippen LogP contribution in [0.2, 0.25) is 0 Å². The van der Waals surface area contributed by atoms with E-state index < -0.39 is 0 Å². The molecule has 4 fully saturated rings. The van der Waals surface area contributed by atoms with E-state index in [4.69, 9.17) is 4.74 Å². The number of carbonyl (C=O) groups excluding carboxylic acids is 2. The zero-order valence-corrected chi connectivity index (χ0v) is 20.3. The van der Waals surface area contributed by atoms with Gasteiger partial charge in [0.25, 0.3) is 0 Å². The average molecular weight is 425 g/mol. The zero-order valence-electron chi connectivity index (χ0n) is 20.3. The molecule has 1 saturated heterocycles. The highest BCUT2D eigenvalue weighted by Gasteiger charge is 2.86. The summed E-state index contributed by atoms with van der Waals surface area (Å²) in [5.74, 6) is 3.07. The van der Waals surface area contributed by atoms with Gasteiger partial charge in [0.2, 0.25) is 0 Å². The number of hydrogen-bond donors (Lipinski definition) is 0. The number of ketones is 2. The van der Waals surface area contributed by atoms with Crippen LogP contribution >= 0.6 is 0 Å². The van der Waals surface area contributed by atoms with Crippen LogP contribution in [0.5, 0.6) is 0 Å². The number of epoxide rings is 1. The molecule has 0 aromatic heterocycles. The fourth-order valence-electron chi connectivity index (χ4n) is 8.52. The van der Waals surface area contributed by atoms with Crippen LogP contribution in [0.15, 0.2) is 23.8 Å². The average Bonchev–Trinajstić information content (AvgIpc) is 3.26. The second kappa shape index (κ2) is 6.65. The van der Waals surface area contributed by atoms with Crippen molar-refractivity contribution in [1.29, 1.82) is 0 Å². The quantitative estimate of drug-likeness (QED) is 0.406. The molecule has 0 radical (unpaired) electrons. The predicted octanol–water partition coefficient (Wildman–Crippen LogP) is 6.07. The van der Waals surface area contributed by atoms with Gasteiger partial charge in [-0.2, -0.15) is 0 Å². The molecule has 0 aromatic carbocycles. The van der Waals surface area contributed by atoms with E-state index in [2.05, 4.69) is 53.7 Å². The standard InChI is InChI=1S/C28H40O3/c1-17(2)18(3)7-8-19(4)21-10-14-28-26(21,6)13-11-24-25(5)12-9-20(29)15-22(25)23(30)16-27(24,28)31-28/h7-8,15,17-19,21,24H,9-14,16H2,1-6H3/b8-7+/t18-,19+,21+,24-,25+,26+,27-,28+/m0/s1. The SMILES string of the molecule is CC(C)[C@@H](C)/C=C/[C@@H](C)[C@H]1CC[C@]23O[C@]24CC(=O)C2=CC(=O)CC[C@@]2(C)[C@@H]4CC[C@]13C. The molecule has 0 bridgehead atoms. The van der Waals surface area contributed by atoms with E-state index in [0.717, 1.165) is 24.8 Å². The van der Waals surface area contributed by atoms with Crippen molar-refractivity contribution >= 4 is 11.6 Å². The lowest BCUT2D eigenvalue weighted by Crippen LogP contribution is -2.58. The zero-order chi connectivity index (χ0) is 22.4. The molecule has 1 aliphatic heterocycles. The third-order valence-corrected chi connectivity index (χ3v) is 10.8. The number of Topliss-reactive ketones (excluding diaryl/α,β-unsaturated/α-hetero) is 1. The highest BCUT2D eigenvalue weighted by Crippen LogP contribution is 2.80. The van der Waals surface area contributed by atoms with Crippen molar-refractivity contribution in [2.24, 2.45) is 40.4 Å². The molecular formula is C28H40O3. The van der Waals surface area contributed by atoms with Crippen LogP contribution in [0.25, 0.3) is 0 Å². The first-order chi connectivity index (χ1) is 14.5. The Morgan fingerprint density at radius 3 is 2.48 bits per heavy atom. The minimum absolute atomic E-state index is 0.126. The molecule has 3 nitrogen and oxygen atoms in total. The summed E-state index contributed by atoms with van der Waals surface area (Å²) in [7, 11) is 0. The summed E-state index contributed by atoms with van der Waals surface area (Å²) in [6, 6.07) is 0. The van der Waals surface area contributed by atoms with E-state index in [9.17, 15) is 9.59 Å². The molecule has 1 heterocycles. The van der Waals surface area contributed by atoms with Gasteiger partial charge in [-0.1, -0.05) is 53.7 Å². The minimum atomic E-state index is -0.285. The van der Waals surface area contributed by atoms with Gasteiger partial charge < -0.3 is 4.74 Å². The maximum atomic E-state index is 13.3. The number of rotatable bonds is 4. The van der Waals surface area contributed by atoms with Gasteiger partial charge in [0.15, 0.2) is 11.6 Å². The molecule has 0 amide bonds. The summed E-state index contributed by atoms with van der Waals surface area (Å²) in [5.41, 5.74) is 0.334. The van der Waals surface area contributed by atoms with Crippen LogP contribution in [-0.4, -0.2) is 22.8 Å². The molecule has 31 heavy (non-hydrogen) atoms. The molecule has 4 aliphatic carbocycles. The highest BCUT2D eigenvalue weighted by atomic mass is 16.6. The van der Waals surface area contributed by atoms with Crippen molar-refractivity contribution in [3.8, 4) is 0 Å². The van der Waals surface area contributed by atoms with Crippen molar-refractivity contribution in [3.05, 3.63) is 23.8 Å². The van der Waals surface area contributed by atoms with E-state index in [1.165, 1.54) is 12.8 Å². The molecule has 0 unspecified atom stereocenters. The summed E-state index contributed by atoms with van der Waals surface area (Å²) in [5, 5.41) is 0. The molecule has 5 aliphatic rings. The normalized spacial score (nSPS) is 48.0. The highest BCUT2D eigenvalue weighted by molar-refractivity contribution is 6.06. The minimum Gasteiger partial charge on any atom is -0.361 e. The lowest BCUT2D eigenvalue weighted by Gasteiger charge is -2.54. The Kier molecular flexibility index (Phi) is 4.64. The van der Waals surface area contributed by atoms with E-state index >= 15 is 0 Å². The van der Waals surface area contributed by atoms with E-state index in [1.54, 1.807) is 6.08 Å². The van der Waals surface area contributed by atoms with Gasteiger partial charge in [-0.15, -0.1) is 0 Å². The van der Waals surface area contributed by atoms with Gasteiger partial charge in [0.05, 0.1) is 0 Å². The maximum absolute atomic E-state index is 13.3. The van der Waals surface area contributed by atoms with Crippen LogP contribution in [0, 0.1) is 40.4 Å². The van der Waals surface area contributed by atoms with Gasteiger partial charge in [0, 0.05) is 35.2 Å². The first-order valence-electron chi connectivity index (χ1n) is 12.7. The van der Waals surface area contributed by atoms with Crippen molar-refractivity contribution < 1.29 is 14.3 Å². The van der Waals surface area contributed by atoms with Crippen molar-refractivity contribution in [2.75, 3.05) is 0 Å². The van der Waals surface area contributed by atoms with Crippen molar-refractivity contribution in [1.82, 2.24) is 0 Å². The van der Waals surface area contributed by atoms with Crippen LogP contribution in [0.3, 0.4) is 0 Å². The number of carbonyl (C=O) groups is 2. The first kappa shape index (κ1) is 21.6. The van der Waals surface area contributed by atoms with Crippen LogP contribution in [-0.2, 0) is 14.3 Å². The Bertz CT molecular complexity index is 883. The van der Waals surface area contributed by atoms with Gasteiger partial charge in [-0.05, 0) is 61.9 Å². The Balaban J connectivity index is 1.46. The third kappa shape index (κ3) is 2.62. The summed E-state index contributed by atoms with van der Waals surface area (Å²) in [6.07, 6.45) is 13.0. The van der Waals surface area contributed by atoms with Gasteiger partial charge in [-0.25, -0.2) is 0 Å². The second-order valence-electron chi connectivity index (χ2n) is 12.4. The van der Waals surface area contributed by atoms with Gasteiger partial charge >= 0.3 is 0 Å². The Morgan fingerprint density at radius 2 is 1.77 bits per heavy atom. The lowest BCUT2D eigenvalue weighted by atomic mass is 9.46. The first-order valence-corrected chi connectivity index (χ1v) is 12.7. The molecular weight excluding hydrogens is 384 g/mol. The topological polar surface area (TPSA) is 46.7 Å². The molecule has 2 spiro atoms. The Hall–Kier alpha value is -1.22. The second-order valence-corrected chi connectivity index (χ2v) is 12.4. The largest absolute Gasteiger partial charge is 0.361 e. The monoisotopic (exact) mass is 424 g/mol. The van der Waals surface area contributed by atoms with E-state index in [0.29, 0.717) is 42.4 Å². The fraction of sp³-hybridized carbons (Fsp3) is 0.786. The Morgan fingerprint density at radius 1 is 1.03 bits per heavy atom. The number of hydrogen-bond acceptors (Lipinski definition) is 3. The van der Waals surface area contributed by atoms with Gasteiger partial charge in [-0.3, -0.25) is 9.59 Å². The number of ether oxygens (including phenoxy) is 1. The van der Waals surface area contributed by atoms with Gasteiger partial charge in [0.1, 0.15) is 11.2 Å². The molecule has 0 aromatic rings. The number of allylic oxidation sites excluding steroid dienone is 3. The summed E-state index contributed by atoms with van der Waals surface area (Å²) >= 11 is 0. The fourth-order valence-corrected chi connectivity index (χ4v) is 8.52. The Labute approximate surface area is 188 Å². The summed E-state index contributed by atoms with van der Waals surface area (Å²) in [4.78, 5) is 25.4. The van der Waals surface area contributed by atoms with Crippen molar-refractivity contribution in [2.45, 2.75) is 97.7 Å². The van der Waals surface area contributed by atoms with Crippen LogP contribution in [0.4, 0.5) is 0 Å². The predicted molar refractivity (Wildman–Crippen MR) is 122 cm³/mol. The molecule has 170 valence electrons. The molecule has 8 atom stereocenters. The van der Waals surface area contributed by atoms with Crippen LogP contribution < -0.4 is 0 Å². The maximum Gasteiger partial charge on any atom is 0.162 e. The smallest absolute Gasteiger partial charge is 0.162 e. The van der Waals surface area contributed by atoms with E-state index in [-0.39, 0.29) is 33.6 Å². The summed E-state index contributed by atoms with van der Waals surface area (Å²) < 4.78 is 6.88.